The molecule has 1 nitrogen and oxygen atoms in total. The van der Waals surface area contributed by atoms with Gasteiger partial charge in [-0.25, -0.2) is 0 Å². The van der Waals surface area contributed by atoms with Crippen molar-refractivity contribution in [2.45, 2.75) is 14.8 Å². The van der Waals surface area contributed by atoms with Gasteiger partial charge in [0.15, 0.2) is 0 Å². The number of nitrogens with zero attached hydrogens (tertiary/aromatic N) is 1. The van der Waals surface area contributed by atoms with E-state index in [2.05, 4.69) is 25.9 Å². The molecule has 11 heavy (non-hydrogen) atoms. The monoisotopic (exact) mass is 277 g/mol. The first-order chi connectivity index (χ1) is 5.00. The summed E-state index contributed by atoms with van der Waals surface area (Å²) in [4.78, 5) is 11.3. The Labute approximate surface area is 76.7 Å². The first-order valence-corrected chi connectivity index (χ1v) is 14.0. The number of rotatable bonds is 1. The van der Waals surface area contributed by atoms with Crippen LogP contribution >= 0.6 is 11.6 Å². The van der Waals surface area contributed by atoms with Crippen LogP contribution in [0.5, 0.6) is 0 Å². The molecule has 0 unspecified atom stereocenters. The van der Waals surface area contributed by atoms with Crippen LogP contribution in [0.3, 0.4) is 0 Å². The van der Waals surface area contributed by atoms with Crippen molar-refractivity contribution in [2.75, 3.05) is 0 Å². The van der Waals surface area contributed by atoms with E-state index in [1.807, 2.05) is 12.1 Å². The first-order valence-electron chi connectivity index (χ1n) is 3.63. The maximum atomic E-state index is 5.77. The zero-order valence-corrected chi connectivity index (χ0v) is 10.7. The Balaban J connectivity index is 3.06. The van der Waals surface area contributed by atoms with Crippen LogP contribution < -0.4 is 3.71 Å². The van der Waals surface area contributed by atoms with E-state index in [0.717, 1.165) is 0 Å². The second kappa shape index (κ2) is 3.31. The molecule has 0 aliphatic heterocycles. The third-order valence-corrected chi connectivity index (χ3v) is 6.88. The van der Waals surface area contributed by atoms with Gasteiger partial charge in [0.25, 0.3) is 0 Å². The Morgan fingerprint density at radius 2 is 1.91 bits per heavy atom. The van der Waals surface area contributed by atoms with Crippen molar-refractivity contribution in [1.29, 1.82) is 0 Å². The molecule has 60 valence electrons. The van der Waals surface area contributed by atoms with Crippen LogP contribution in [-0.2, 0) is 0 Å². The molecule has 0 spiro atoms. The van der Waals surface area contributed by atoms with Gasteiger partial charge in [-0.05, 0) is 0 Å². The van der Waals surface area contributed by atoms with E-state index < -0.39 is 18.4 Å². The van der Waals surface area contributed by atoms with E-state index >= 15 is 0 Å². The fraction of sp³-hybridized carbons (Fsp3) is 0.375. The van der Waals surface area contributed by atoms with Gasteiger partial charge in [-0.1, -0.05) is 0 Å². The number of aromatic nitrogens is 1. The van der Waals surface area contributed by atoms with Gasteiger partial charge in [-0.3, -0.25) is 0 Å². The SMILES string of the molecule is [CH3][Sn]([CH3])([CH3])[c]1cccc(Cl)n1. The third kappa shape index (κ3) is 2.64. The molecule has 1 rings (SSSR count). The van der Waals surface area contributed by atoms with Crippen molar-refractivity contribution in [2.24, 2.45) is 0 Å². The van der Waals surface area contributed by atoms with E-state index in [1.165, 1.54) is 3.71 Å². The van der Waals surface area contributed by atoms with Gasteiger partial charge < -0.3 is 0 Å². The normalized spacial score (nSPS) is 11.6. The molecule has 0 saturated carbocycles. The number of hydrogen-bond donors (Lipinski definition) is 0. The molecule has 0 atom stereocenters. The van der Waals surface area contributed by atoms with Crippen LogP contribution in [0.25, 0.3) is 0 Å². The van der Waals surface area contributed by atoms with Crippen LogP contribution in [-0.4, -0.2) is 23.4 Å². The Morgan fingerprint density at radius 1 is 1.27 bits per heavy atom. The molecule has 3 heteroatoms. The summed E-state index contributed by atoms with van der Waals surface area (Å²) >= 11 is 3.82. The molecular weight excluding hydrogens is 264 g/mol. The summed E-state index contributed by atoms with van der Waals surface area (Å²) in [5.74, 6) is 0. The van der Waals surface area contributed by atoms with E-state index in [-0.39, 0.29) is 0 Å². The molecular formula is C8H12ClNSn. The number of pyridine rings is 1. The topological polar surface area (TPSA) is 12.9 Å². The summed E-state index contributed by atoms with van der Waals surface area (Å²) in [5.41, 5.74) is 0. The second-order valence-electron chi connectivity index (χ2n) is 3.60. The number of halogens is 1. The summed E-state index contributed by atoms with van der Waals surface area (Å²) in [6.45, 7) is 0. The zero-order valence-electron chi connectivity index (χ0n) is 7.06. The average molecular weight is 276 g/mol. The summed E-state index contributed by atoms with van der Waals surface area (Å²) in [5, 5.41) is 0.620. The summed E-state index contributed by atoms with van der Waals surface area (Å²) in [6, 6.07) is 5.89. The van der Waals surface area contributed by atoms with Crippen molar-refractivity contribution in [3.8, 4) is 0 Å². The van der Waals surface area contributed by atoms with Gasteiger partial charge >= 0.3 is 76.8 Å². The van der Waals surface area contributed by atoms with Crippen LogP contribution in [0.1, 0.15) is 0 Å². The van der Waals surface area contributed by atoms with Crippen molar-refractivity contribution in [1.82, 2.24) is 4.98 Å². The Kier molecular flexibility index (Phi) is 2.81. The maximum absolute atomic E-state index is 5.77. The zero-order chi connectivity index (χ0) is 8.48. The Hall–Kier alpha value is 0.239. The molecule has 0 N–H and O–H groups in total. The van der Waals surface area contributed by atoms with Gasteiger partial charge in [-0.15, -0.1) is 0 Å². The second-order valence-corrected chi connectivity index (χ2v) is 18.3. The molecule has 1 aromatic heterocycles. The predicted octanol–water partition coefficient (Wildman–Crippen LogP) is 2.28. The molecule has 0 bridgehead atoms. The van der Waals surface area contributed by atoms with Crippen LogP contribution in [0.4, 0.5) is 0 Å². The Bertz CT molecular complexity index is 255. The van der Waals surface area contributed by atoms with Gasteiger partial charge in [0.2, 0.25) is 0 Å². The summed E-state index contributed by atoms with van der Waals surface area (Å²) in [7, 11) is 0. The van der Waals surface area contributed by atoms with Crippen molar-refractivity contribution in [3.63, 3.8) is 0 Å². The molecule has 0 aliphatic rings. The quantitative estimate of drug-likeness (QED) is 0.566. The van der Waals surface area contributed by atoms with E-state index in [9.17, 15) is 0 Å². The molecule has 0 amide bonds. The van der Waals surface area contributed by atoms with Gasteiger partial charge in [0.05, 0.1) is 0 Å². The molecule has 0 aliphatic carbocycles. The van der Waals surface area contributed by atoms with Crippen molar-refractivity contribution in [3.05, 3.63) is 23.4 Å². The fourth-order valence-corrected chi connectivity index (χ4v) is 4.19. The van der Waals surface area contributed by atoms with Gasteiger partial charge in [0, 0.05) is 0 Å². The summed E-state index contributed by atoms with van der Waals surface area (Å²) < 4.78 is 1.24. The minimum absolute atomic E-state index is 0.620. The van der Waals surface area contributed by atoms with Crippen molar-refractivity contribution >= 4 is 33.7 Å². The molecule has 1 heterocycles. The van der Waals surface area contributed by atoms with Crippen LogP contribution in [0.2, 0.25) is 20.0 Å². The molecule has 0 aromatic carbocycles. The fourth-order valence-electron chi connectivity index (χ4n) is 0.826. The molecule has 0 radical (unpaired) electrons. The minimum atomic E-state index is -1.95. The first kappa shape index (κ1) is 9.33. The van der Waals surface area contributed by atoms with Gasteiger partial charge in [0.1, 0.15) is 0 Å². The van der Waals surface area contributed by atoms with Gasteiger partial charge in [-0.2, -0.15) is 0 Å². The Morgan fingerprint density at radius 3 is 2.27 bits per heavy atom. The average Bonchev–Trinajstić information content (AvgIpc) is 1.86. The van der Waals surface area contributed by atoms with E-state index in [4.69, 9.17) is 11.6 Å². The molecule has 0 saturated heterocycles. The summed E-state index contributed by atoms with van der Waals surface area (Å²) in [6.07, 6.45) is 0. The van der Waals surface area contributed by atoms with E-state index in [1.54, 1.807) is 0 Å². The predicted molar refractivity (Wildman–Crippen MR) is 52.2 cm³/mol. The van der Waals surface area contributed by atoms with E-state index in [0.29, 0.717) is 5.15 Å². The standard InChI is InChI=1S/C5H3ClN.3CH3.Sn/c6-5-3-1-2-4-7-5;;;;/h1-3H;3*1H3;. The van der Waals surface area contributed by atoms with Crippen molar-refractivity contribution < 1.29 is 0 Å². The third-order valence-electron chi connectivity index (χ3n) is 1.48. The molecule has 1 aromatic rings. The number of hydrogen-bond acceptors (Lipinski definition) is 1. The molecule has 0 fully saturated rings. The van der Waals surface area contributed by atoms with Crippen LogP contribution in [0.15, 0.2) is 18.2 Å². The van der Waals surface area contributed by atoms with Crippen LogP contribution in [0, 0.1) is 0 Å².